The lowest BCUT2D eigenvalue weighted by Gasteiger charge is -2.40. The summed E-state index contributed by atoms with van der Waals surface area (Å²) in [4.78, 5) is 28.8. The molecule has 10 heteroatoms. The average molecular weight is 505 g/mol. The molecule has 0 saturated carbocycles. The van der Waals surface area contributed by atoms with Crippen molar-refractivity contribution in [2.75, 3.05) is 32.5 Å². The number of hydrogen-bond donors (Lipinski definition) is 0. The van der Waals surface area contributed by atoms with Gasteiger partial charge in [-0.3, -0.25) is 4.90 Å². The molecule has 2 amide bonds. The van der Waals surface area contributed by atoms with E-state index in [1.165, 1.54) is 12.1 Å². The Bertz CT molecular complexity index is 1110. The van der Waals surface area contributed by atoms with E-state index in [0.29, 0.717) is 12.3 Å². The Balaban J connectivity index is 1.69. The summed E-state index contributed by atoms with van der Waals surface area (Å²) in [7, 11) is -3.32. The van der Waals surface area contributed by atoms with Crippen LogP contribution < -0.4 is 4.74 Å². The highest BCUT2D eigenvalue weighted by Crippen LogP contribution is 2.20. The molecule has 0 N–H and O–H groups in total. The van der Waals surface area contributed by atoms with E-state index < -0.39 is 33.7 Å². The molecule has 0 unspecified atom stereocenters. The Morgan fingerprint density at radius 1 is 0.971 bits per heavy atom. The molecule has 1 aliphatic heterocycles. The van der Waals surface area contributed by atoms with E-state index >= 15 is 0 Å². The number of carbonyl (C=O) groups is 2. The van der Waals surface area contributed by atoms with Crippen molar-refractivity contribution >= 4 is 22.0 Å². The Labute approximate surface area is 206 Å². The zero-order chi connectivity index (χ0) is 25.6. The van der Waals surface area contributed by atoms with Crippen LogP contribution in [0.4, 0.5) is 9.59 Å². The summed E-state index contributed by atoms with van der Waals surface area (Å²) in [6.07, 6.45) is 0.172. The lowest BCUT2D eigenvalue weighted by Crippen LogP contribution is -2.59. The van der Waals surface area contributed by atoms with E-state index in [0.717, 1.165) is 11.8 Å². The van der Waals surface area contributed by atoms with Crippen LogP contribution >= 0.6 is 0 Å². The van der Waals surface area contributed by atoms with E-state index in [1.807, 2.05) is 30.3 Å². The van der Waals surface area contributed by atoms with Crippen LogP contribution in [0.15, 0.2) is 59.5 Å². The molecule has 0 radical (unpaired) electrons. The number of benzene rings is 2. The van der Waals surface area contributed by atoms with E-state index in [9.17, 15) is 18.0 Å². The van der Waals surface area contributed by atoms with Gasteiger partial charge in [-0.15, -0.1) is 0 Å². The fraction of sp³-hybridized carbons (Fsp3) is 0.440. The number of ether oxygens (including phenoxy) is 3. The third-order valence-corrected chi connectivity index (χ3v) is 6.40. The van der Waals surface area contributed by atoms with Crippen LogP contribution in [-0.4, -0.2) is 74.5 Å². The highest BCUT2D eigenvalue weighted by molar-refractivity contribution is 7.90. The first-order valence-electron chi connectivity index (χ1n) is 11.3. The highest BCUT2D eigenvalue weighted by Gasteiger charge is 2.35. The van der Waals surface area contributed by atoms with Gasteiger partial charge in [-0.2, -0.15) is 0 Å². The Morgan fingerprint density at radius 3 is 2.23 bits per heavy atom. The monoisotopic (exact) mass is 504 g/mol. The smallest absolute Gasteiger partial charge is 0.410 e. The molecule has 3 rings (SSSR count). The quantitative estimate of drug-likeness (QED) is 0.591. The molecule has 0 aromatic heterocycles. The van der Waals surface area contributed by atoms with Gasteiger partial charge in [0.1, 0.15) is 24.6 Å². The van der Waals surface area contributed by atoms with Gasteiger partial charge in [0, 0.05) is 25.9 Å². The highest BCUT2D eigenvalue weighted by atomic mass is 32.2. The molecule has 1 aliphatic rings. The zero-order valence-corrected chi connectivity index (χ0v) is 21.3. The van der Waals surface area contributed by atoms with Crippen molar-refractivity contribution in [1.29, 1.82) is 0 Å². The van der Waals surface area contributed by atoms with E-state index in [2.05, 4.69) is 0 Å². The van der Waals surface area contributed by atoms with Crippen molar-refractivity contribution in [3.8, 4) is 5.75 Å². The maximum absolute atomic E-state index is 12.9. The standard InChI is InChI=1S/C25H32N2O7S/c1-25(2,3)34-23(28)26-14-15-27(24(29)33-17-19-8-6-5-7-9-19)20(16-26)18-32-21-10-12-22(13-11-21)35(4,30)31/h5-13,20H,14-18H2,1-4H3/t20-/m0/s1. The number of amides is 2. The number of nitrogens with zero attached hydrogens (tertiary/aromatic N) is 2. The number of piperazine rings is 1. The summed E-state index contributed by atoms with van der Waals surface area (Å²) in [6.45, 7) is 6.36. The van der Waals surface area contributed by atoms with Crippen LogP contribution in [-0.2, 0) is 25.9 Å². The number of carbonyl (C=O) groups excluding carboxylic acids is 2. The summed E-state index contributed by atoms with van der Waals surface area (Å²) in [5.74, 6) is 0.449. The zero-order valence-electron chi connectivity index (χ0n) is 20.5. The minimum atomic E-state index is -3.32. The molecule has 0 aliphatic carbocycles. The minimum Gasteiger partial charge on any atom is -0.491 e. The maximum atomic E-state index is 12.9. The molecule has 1 fully saturated rings. The molecule has 2 aromatic rings. The number of rotatable bonds is 6. The second-order valence-corrected chi connectivity index (χ2v) is 11.4. The molecular weight excluding hydrogens is 472 g/mol. The first-order chi connectivity index (χ1) is 16.4. The van der Waals surface area contributed by atoms with Gasteiger partial charge in [0.05, 0.1) is 10.9 Å². The molecule has 1 heterocycles. The largest absolute Gasteiger partial charge is 0.491 e. The van der Waals surface area contributed by atoms with E-state index in [4.69, 9.17) is 14.2 Å². The summed E-state index contributed by atoms with van der Waals surface area (Å²) < 4.78 is 40.2. The van der Waals surface area contributed by atoms with Gasteiger partial charge in [0.2, 0.25) is 0 Å². The van der Waals surface area contributed by atoms with Gasteiger partial charge in [0.15, 0.2) is 9.84 Å². The van der Waals surface area contributed by atoms with Crippen molar-refractivity contribution in [3.05, 3.63) is 60.2 Å². The third kappa shape index (κ3) is 7.88. The predicted molar refractivity (Wildman–Crippen MR) is 130 cm³/mol. The van der Waals surface area contributed by atoms with Gasteiger partial charge < -0.3 is 19.1 Å². The van der Waals surface area contributed by atoms with Crippen LogP contribution in [0.5, 0.6) is 5.75 Å². The minimum absolute atomic E-state index is 0.0813. The van der Waals surface area contributed by atoms with Crippen molar-refractivity contribution in [3.63, 3.8) is 0 Å². The topological polar surface area (TPSA) is 102 Å². The molecule has 1 saturated heterocycles. The molecule has 2 aromatic carbocycles. The second kappa shape index (κ2) is 11.0. The van der Waals surface area contributed by atoms with Gasteiger partial charge in [-0.25, -0.2) is 18.0 Å². The first-order valence-corrected chi connectivity index (χ1v) is 13.2. The molecule has 190 valence electrons. The molecule has 0 spiro atoms. The van der Waals surface area contributed by atoms with E-state index in [1.54, 1.807) is 42.7 Å². The molecule has 35 heavy (non-hydrogen) atoms. The fourth-order valence-corrected chi connectivity index (χ4v) is 4.14. The van der Waals surface area contributed by atoms with Crippen LogP contribution in [0.1, 0.15) is 26.3 Å². The predicted octanol–water partition coefficient (Wildman–Crippen LogP) is 3.73. The van der Waals surface area contributed by atoms with Gasteiger partial charge in [-0.05, 0) is 50.6 Å². The molecular formula is C25H32N2O7S. The Morgan fingerprint density at radius 2 is 1.63 bits per heavy atom. The summed E-state index contributed by atoms with van der Waals surface area (Å²) in [5, 5.41) is 0. The van der Waals surface area contributed by atoms with Crippen molar-refractivity contribution in [2.24, 2.45) is 0 Å². The van der Waals surface area contributed by atoms with Crippen LogP contribution in [0.2, 0.25) is 0 Å². The summed E-state index contributed by atoms with van der Waals surface area (Å²) in [6, 6.07) is 14.9. The fourth-order valence-electron chi connectivity index (χ4n) is 3.51. The number of hydrogen-bond acceptors (Lipinski definition) is 7. The van der Waals surface area contributed by atoms with Gasteiger partial charge >= 0.3 is 12.2 Å². The lowest BCUT2D eigenvalue weighted by molar-refractivity contribution is -0.00496. The first kappa shape index (κ1) is 26.3. The molecule has 1 atom stereocenters. The third-order valence-electron chi connectivity index (χ3n) is 5.27. The van der Waals surface area contributed by atoms with Crippen molar-refractivity contribution < 1.29 is 32.2 Å². The molecule has 9 nitrogen and oxygen atoms in total. The van der Waals surface area contributed by atoms with Crippen molar-refractivity contribution in [2.45, 2.75) is 43.9 Å². The maximum Gasteiger partial charge on any atom is 0.410 e. The summed E-state index contributed by atoms with van der Waals surface area (Å²) >= 11 is 0. The van der Waals surface area contributed by atoms with Crippen LogP contribution in [0.25, 0.3) is 0 Å². The Hall–Kier alpha value is -3.27. The number of sulfone groups is 1. The SMILES string of the molecule is CC(C)(C)OC(=O)N1CCN(C(=O)OCc2ccccc2)[C@H](COc2ccc(S(C)(=O)=O)cc2)C1. The normalized spacial score (nSPS) is 16.5. The van der Waals surface area contributed by atoms with Gasteiger partial charge in [0.25, 0.3) is 0 Å². The van der Waals surface area contributed by atoms with E-state index in [-0.39, 0.29) is 31.2 Å². The van der Waals surface area contributed by atoms with Crippen LogP contribution in [0, 0.1) is 0 Å². The second-order valence-electron chi connectivity index (χ2n) is 9.37. The summed E-state index contributed by atoms with van der Waals surface area (Å²) in [5.41, 5.74) is 0.225. The Kier molecular flexibility index (Phi) is 8.26. The average Bonchev–Trinajstić information content (AvgIpc) is 2.80. The molecule has 0 bridgehead atoms. The van der Waals surface area contributed by atoms with Crippen molar-refractivity contribution in [1.82, 2.24) is 9.80 Å². The van der Waals surface area contributed by atoms with Gasteiger partial charge in [-0.1, -0.05) is 30.3 Å². The van der Waals surface area contributed by atoms with Crippen LogP contribution in [0.3, 0.4) is 0 Å². The lowest BCUT2D eigenvalue weighted by atomic mass is 10.2.